The highest BCUT2D eigenvalue weighted by atomic mass is 16.2. The second-order valence-corrected chi connectivity index (χ2v) is 7.45. The van der Waals surface area contributed by atoms with E-state index in [1.807, 2.05) is 36.1 Å². The number of fused-ring (bicyclic) bond motifs is 1. The molecule has 0 N–H and O–H groups in total. The molecule has 136 valence electrons. The number of hydrogen-bond donors (Lipinski definition) is 0. The van der Waals surface area contributed by atoms with Crippen LogP contribution in [0.3, 0.4) is 0 Å². The fourth-order valence-electron chi connectivity index (χ4n) is 4.07. The number of aryl methyl sites for hydroxylation is 1. The van der Waals surface area contributed by atoms with Gasteiger partial charge >= 0.3 is 0 Å². The predicted molar refractivity (Wildman–Crippen MR) is 104 cm³/mol. The van der Waals surface area contributed by atoms with Gasteiger partial charge in [0.25, 0.3) is 5.91 Å². The highest BCUT2D eigenvalue weighted by molar-refractivity contribution is 6.06. The minimum absolute atomic E-state index is 0.0241. The van der Waals surface area contributed by atoms with Gasteiger partial charge in [-0.2, -0.15) is 0 Å². The molecule has 2 aromatic rings. The van der Waals surface area contributed by atoms with Crippen LogP contribution in [0.4, 0.5) is 11.6 Å². The number of nitrogens with zero attached hydrogens (tertiary/aromatic N) is 4. The van der Waals surface area contributed by atoms with E-state index in [1.54, 1.807) is 0 Å². The lowest BCUT2D eigenvalue weighted by Crippen LogP contribution is -2.37. The topological polar surface area (TPSA) is 49.3 Å². The molecule has 1 atom stereocenters. The lowest BCUT2D eigenvalue weighted by Gasteiger charge is -2.24. The molecule has 1 aromatic heterocycles. The number of para-hydroxylation sites is 1. The van der Waals surface area contributed by atoms with Crippen LogP contribution in [0.15, 0.2) is 30.3 Å². The first-order chi connectivity index (χ1) is 12.6. The van der Waals surface area contributed by atoms with Crippen LogP contribution in [-0.4, -0.2) is 35.0 Å². The Hall–Kier alpha value is -2.43. The van der Waals surface area contributed by atoms with Crippen molar-refractivity contribution in [2.24, 2.45) is 0 Å². The molecule has 1 amide bonds. The Labute approximate surface area is 155 Å². The Kier molecular flexibility index (Phi) is 4.62. The summed E-state index contributed by atoms with van der Waals surface area (Å²) in [5.74, 6) is 0.680. The van der Waals surface area contributed by atoms with Crippen molar-refractivity contribution < 1.29 is 4.79 Å². The third kappa shape index (κ3) is 3.18. The van der Waals surface area contributed by atoms with E-state index in [9.17, 15) is 4.79 Å². The molecule has 4 rings (SSSR count). The average molecular weight is 350 g/mol. The number of rotatable bonds is 2. The summed E-state index contributed by atoms with van der Waals surface area (Å²) >= 11 is 0. The Bertz CT molecular complexity index is 811. The highest BCUT2D eigenvalue weighted by Gasteiger charge is 2.32. The number of hydrogen-bond acceptors (Lipinski definition) is 4. The molecule has 1 fully saturated rings. The first-order valence-corrected chi connectivity index (χ1v) is 9.65. The molecule has 5 nitrogen and oxygen atoms in total. The van der Waals surface area contributed by atoms with Crippen molar-refractivity contribution in [2.45, 2.75) is 52.0 Å². The van der Waals surface area contributed by atoms with Gasteiger partial charge in [0.1, 0.15) is 5.69 Å². The van der Waals surface area contributed by atoms with E-state index < -0.39 is 0 Å². The molecule has 5 heteroatoms. The largest absolute Gasteiger partial charge is 0.341 e. The smallest absolute Gasteiger partial charge is 0.277 e. The molecular weight excluding hydrogens is 324 g/mol. The van der Waals surface area contributed by atoms with Crippen molar-refractivity contribution in [3.8, 4) is 0 Å². The second-order valence-electron chi connectivity index (χ2n) is 7.45. The maximum atomic E-state index is 13.3. The first-order valence-electron chi connectivity index (χ1n) is 9.65. The maximum absolute atomic E-state index is 13.3. The molecule has 1 aromatic carbocycles. The summed E-state index contributed by atoms with van der Waals surface area (Å²) in [7, 11) is 0. The molecule has 0 radical (unpaired) electrons. The molecule has 0 bridgehead atoms. The fraction of sp³-hybridized carbons (Fsp3) is 0.476. The number of aromatic nitrogens is 2. The molecular formula is C21H26N4O. The highest BCUT2D eigenvalue weighted by Crippen LogP contribution is 2.33. The van der Waals surface area contributed by atoms with Gasteiger partial charge in [0.2, 0.25) is 5.95 Å². The summed E-state index contributed by atoms with van der Waals surface area (Å²) < 4.78 is 0. The van der Waals surface area contributed by atoms with Gasteiger partial charge in [-0.25, -0.2) is 9.97 Å². The lowest BCUT2D eigenvalue weighted by atomic mass is 10.1. The van der Waals surface area contributed by atoms with Gasteiger partial charge in [-0.15, -0.1) is 0 Å². The number of carbonyl (C=O) groups is 1. The van der Waals surface area contributed by atoms with Crippen LogP contribution in [-0.2, 0) is 6.42 Å². The van der Waals surface area contributed by atoms with E-state index >= 15 is 0 Å². The van der Waals surface area contributed by atoms with Crippen LogP contribution in [0.5, 0.6) is 0 Å². The number of amides is 1. The molecule has 0 aliphatic carbocycles. The van der Waals surface area contributed by atoms with E-state index in [4.69, 9.17) is 0 Å². The zero-order valence-electron chi connectivity index (χ0n) is 15.6. The van der Waals surface area contributed by atoms with Gasteiger partial charge in [-0.1, -0.05) is 31.0 Å². The zero-order chi connectivity index (χ0) is 18.1. The molecule has 1 saturated heterocycles. The van der Waals surface area contributed by atoms with Gasteiger partial charge in [0, 0.05) is 30.5 Å². The van der Waals surface area contributed by atoms with Crippen molar-refractivity contribution in [1.82, 2.24) is 9.97 Å². The summed E-state index contributed by atoms with van der Waals surface area (Å²) in [5, 5.41) is 0. The van der Waals surface area contributed by atoms with Gasteiger partial charge in [0.15, 0.2) is 0 Å². The standard InChI is InChI=1S/C21H26N4O/c1-15-13-18(23-21(22-15)24-11-7-3-4-8-12-24)20(26)25-16(2)14-17-9-5-6-10-19(17)25/h5-6,9-10,13,16H,3-4,7-8,11-12,14H2,1-2H3. The molecule has 2 aliphatic heterocycles. The van der Waals surface area contributed by atoms with Crippen molar-refractivity contribution in [1.29, 1.82) is 0 Å². The normalized spacial score (nSPS) is 20.0. The Morgan fingerprint density at radius 2 is 1.81 bits per heavy atom. The molecule has 26 heavy (non-hydrogen) atoms. The summed E-state index contributed by atoms with van der Waals surface area (Å²) in [4.78, 5) is 26.7. The summed E-state index contributed by atoms with van der Waals surface area (Å²) in [6.07, 6.45) is 5.74. The van der Waals surface area contributed by atoms with Gasteiger partial charge < -0.3 is 9.80 Å². The summed E-state index contributed by atoms with van der Waals surface area (Å²) in [6.45, 7) is 5.99. The van der Waals surface area contributed by atoms with Crippen molar-refractivity contribution in [2.75, 3.05) is 22.9 Å². The molecule has 0 saturated carbocycles. The Morgan fingerprint density at radius 1 is 1.08 bits per heavy atom. The maximum Gasteiger partial charge on any atom is 0.277 e. The third-order valence-electron chi connectivity index (χ3n) is 5.38. The van der Waals surface area contributed by atoms with Gasteiger partial charge in [-0.05, 0) is 50.8 Å². The van der Waals surface area contributed by atoms with E-state index in [0.717, 1.165) is 43.7 Å². The SMILES string of the molecule is Cc1cc(C(=O)N2c3ccccc3CC2C)nc(N2CCCCCC2)n1. The van der Waals surface area contributed by atoms with Crippen LogP contribution in [0.25, 0.3) is 0 Å². The Balaban J connectivity index is 1.66. The fourth-order valence-corrected chi connectivity index (χ4v) is 4.07. The van der Waals surface area contributed by atoms with Gasteiger partial charge in [-0.3, -0.25) is 4.79 Å². The minimum atomic E-state index is -0.0241. The monoisotopic (exact) mass is 350 g/mol. The molecule has 3 heterocycles. The van der Waals surface area contributed by atoms with Gasteiger partial charge in [0.05, 0.1) is 0 Å². The Morgan fingerprint density at radius 3 is 2.58 bits per heavy atom. The van der Waals surface area contributed by atoms with Crippen molar-refractivity contribution in [3.63, 3.8) is 0 Å². The van der Waals surface area contributed by atoms with E-state index in [1.165, 1.54) is 18.4 Å². The number of carbonyl (C=O) groups excluding carboxylic acids is 1. The quantitative estimate of drug-likeness (QED) is 0.827. The lowest BCUT2D eigenvalue weighted by molar-refractivity contribution is 0.0976. The predicted octanol–water partition coefficient (Wildman–Crippen LogP) is 3.76. The average Bonchev–Trinajstić information content (AvgIpc) is 2.81. The third-order valence-corrected chi connectivity index (χ3v) is 5.38. The summed E-state index contributed by atoms with van der Waals surface area (Å²) in [6, 6.07) is 10.1. The van der Waals surface area contributed by atoms with Crippen molar-refractivity contribution >= 4 is 17.5 Å². The number of anilines is 2. The van der Waals surface area contributed by atoms with Crippen LogP contribution in [0.1, 0.15) is 54.4 Å². The molecule has 2 aliphatic rings. The van der Waals surface area contributed by atoms with E-state index in [0.29, 0.717) is 11.6 Å². The number of benzene rings is 1. The van der Waals surface area contributed by atoms with Crippen LogP contribution >= 0.6 is 0 Å². The van der Waals surface area contributed by atoms with Crippen LogP contribution in [0.2, 0.25) is 0 Å². The van der Waals surface area contributed by atoms with Crippen molar-refractivity contribution in [3.05, 3.63) is 47.3 Å². The summed E-state index contributed by atoms with van der Waals surface area (Å²) in [5.41, 5.74) is 3.59. The van der Waals surface area contributed by atoms with E-state index in [2.05, 4.69) is 27.9 Å². The van der Waals surface area contributed by atoms with E-state index in [-0.39, 0.29) is 11.9 Å². The zero-order valence-corrected chi connectivity index (χ0v) is 15.6. The molecule has 0 spiro atoms. The first kappa shape index (κ1) is 17.0. The molecule has 1 unspecified atom stereocenters. The van der Waals surface area contributed by atoms with Crippen LogP contribution < -0.4 is 9.80 Å². The minimum Gasteiger partial charge on any atom is -0.341 e. The second kappa shape index (κ2) is 7.06. The van der Waals surface area contributed by atoms with Crippen LogP contribution in [0, 0.1) is 6.92 Å².